The molecule has 2 aromatic heterocycles. The third kappa shape index (κ3) is 6.75. The standard InChI is InChI=1S/C36H29F4N5O6/c1-34(33(41)48)19-51-31-25(34)16-27(45-30(31)20-9-11-23(37)12-10-20)35(49,36(38,39)40)18-43-32(47)22-14-21-6-5-13-42-29(21)26(15-22)50-17-28(46)44-24-7-3-2-4-8-24/h2-16,49H,17-19H2,1H3,(H2,41,48)(H,43,47)(H,44,46)/t34-,35?/m0/s1. The average Bonchev–Trinajstić information content (AvgIpc) is 3.46. The van der Waals surface area contributed by atoms with Crippen molar-refractivity contribution in [3.8, 4) is 22.8 Å². The normalized spacial score (nSPS) is 16.4. The molecule has 262 valence electrons. The molecule has 15 heteroatoms. The van der Waals surface area contributed by atoms with E-state index in [0.29, 0.717) is 11.1 Å². The van der Waals surface area contributed by atoms with E-state index in [-0.39, 0.29) is 46.0 Å². The van der Waals surface area contributed by atoms with Crippen LogP contribution in [0, 0.1) is 5.82 Å². The monoisotopic (exact) mass is 703 g/mol. The van der Waals surface area contributed by atoms with Crippen LogP contribution in [-0.2, 0) is 20.6 Å². The first-order valence-electron chi connectivity index (χ1n) is 15.4. The number of carbonyl (C=O) groups excluding carboxylic acids is 3. The first-order valence-corrected chi connectivity index (χ1v) is 15.4. The molecule has 1 aliphatic rings. The summed E-state index contributed by atoms with van der Waals surface area (Å²) in [6, 6.07) is 19.8. The number of aromatic nitrogens is 2. The number of benzene rings is 3. The maximum atomic E-state index is 14.9. The van der Waals surface area contributed by atoms with Crippen LogP contribution in [-0.4, -0.2) is 58.7 Å². The number of nitrogens with two attached hydrogens (primary N) is 1. The third-order valence-electron chi connectivity index (χ3n) is 8.48. The molecule has 6 rings (SSSR count). The summed E-state index contributed by atoms with van der Waals surface area (Å²) in [5.41, 5.74) is -0.273. The lowest BCUT2D eigenvalue weighted by molar-refractivity contribution is -0.265. The number of pyridine rings is 2. The maximum Gasteiger partial charge on any atom is 0.424 e. The summed E-state index contributed by atoms with van der Waals surface area (Å²) in [4.78, 5) is 46.8. The molecular weight excluding hydrogens is 674 g/mol. The second kappa shape index (κ2) is 13.3. The number of primary amides is 1. The number of para-hydroxylation sites is 1. The summed E-state index contributed by atoms with van der Waals surface area (Å²) in [5.74, 6) is -3.15. The zero-order chi connectivity index (χ0) is 36.6. The van der Waals surface area contributed by atoms with E-state index in [2.05, 4.69) is 20.6 Å². The van der Waals surface area contributed by atoms with Gasteiger partial charge in [-0.05, 0) is 67.6 Å². The molecule has 0 fully saturated rings. The number of nitrogens with one attached hydrogen (secondary N) is 2. The summed E-state index contributed by atoms with van der Waals surface area (Å²) in [7, 11) is 0. The lowest BCUT2D eigenvalue weighted by atomic mass is 9.81. The number of carbonyl (C=O) groups is 3. The van der Waals surface area contributed by atoms with Gasteiger partial charge in [-0.2, -0.15) is 13.2 Å². The Morgan fingerprint density at radius 3 is 2.43 bits per heavy atom. The third-order valence-corrected chi connectivity index (χ3v) is 8.48. The van der Waals surface area contributed by atoms with Crippen molar-refractivity contribution in [3.05, 3.63) is 114 Å². The van der Waals surface area contributed by atoms with Crippen LogP contribution in [0.3, 0.4) is 0 Å². The average molecular weight is 704 g/mol. The molecular formula is C36H29F4N5O6. The van der Waals surface area contributed by atoms with Crippen molar-refractivity contribution in [2.75, 3.05) is 25.1 Å². The lowest BCUT2D eigenvalue weighted by Gasteiger charge is -2.31. The Hall–Kier alpha value is -6.09. The number of hydrogen-bond acceptors (Lipinski definition) is 8. The first-order chi connectivity index (χ1) is 24.2. The summed E-state index contributed by atoms with van der Waals surface area (Å²) in [6.45, 7) is -0.854. The number of fused-ring (bicyclic) bond motifs is 2. The van der Waals surface area contributed by atoms with Gasteiger partial charge in [0.25, 0.3) is 11.8 Å². The molecule has 0 radical (unpaired) electrons. The Morgan fingerprint density at radius 2 is 1.75 bits per heavy atom. The molecule has 0 saturated carbocycles. The van der Waals surface area contributed by atoms with Crippen LogP contribution in [0.2, 0.25) is 0 Å². The quantitative estimate of drug-likeness (QED) is 0.151. The van der Waals surface area contributed by atoms with Crippen molar-refractivity contribution < 1.29 is 46.5 Å². The minimum atomic E-state index is -5.42. The Balaban J connectivity index is 1.32. The number of ether oxygens (including phenoxy) is 2. The highest BCUT2D eigenvalue weighted by molar-refractivity contribution is 6.00. The first kappa shape index (κ1) is 34.8. The highest BCUT2D eigenvalue weighted by atomic mass is 19.4. The molecule has 3 heterocycles. The molecule has 2 atom stereocenters. The van der Waals surface area contributed by atoms with Gasteiger partial charge in [0.2, 0.25) is 11.5 Å². The molecule has 5 aromatic rings. The lowest BCUT2D eigenvalue weighted by Crippen LogP contribution is -2.51. The summed E-state index contributed by atoms with van der Waals surface area (Å²) < 4.78 is 69.7. The number of rotatable bonds is 10. The molecule has 51 heavy (non-hydrogen) atoms. The highest BCUT2D eigenvalue weighted by Crippen LogP contribution is 2.47. The van der Waals surface area contributed by atoms with Crippen molar-refractivity contribution in [2.45, 2.75) is 24.1 Å². The predicted octanol–water partition coefficient (Wildman–Crippen LogP) is 4.77. The van der Waals surface area contributed by atoms with Crippen molar-refractivity contribution in [1.29, 1.82) is 0 Å². The maximum absolute atomic E-state index is 14.9. The number of halogens is 4. The number of amides is 3. The largest absolute Gasteiger partial charge is 0.489 e. The zero-order valence-corrected chi connectivity index (χ0v) is 26.8. The van der Waals surface area contributed by atoms with Gasteiger partial charge in [0.05, 0.1) is 12.2 Å². The van der Waals surface area contributed by atoms with E-state index in [1.54, 1.807) is 42.5 Å². The van der Waals surface area contributed by atoms with Crippen molar-refractivity contribution >= 4 is 34.3 Å². The molecule has 1 aliphatic heterocycles. The van der Waals surface area contributed by atoms with Crippen LogP contribution in [0.15, 0.2) is 91.1 Å². The molecule has 0 spiro atoms. The molecule has 1 unspecified atom stereocenters. The number of aliphatic hydroxyl groups is 1. The molecule has 0 bridgehead atoms. The molecule has 3 amide bonds. The van der Waals surface area contributed by atoms with Gasteiger partial charge in [-0.15, -0.1) is 0 Å². The second-order valence-electron chi connectivity index (χ2n) is 12.0. The van der Waals surface area contributed by atoms with E-state index in [0.717, 1.165) is 18.2 Å². The van der Waals surface area contributed by atoms with E-state index in [4.69, 9.17) is 15.2 Å². The Bertz CT molecular complexity index is 2150. The van der Waals surface area contributed by atoms with Gasteiger partial charge >= 0.3 is 6.18 Å². The van der Waals surface area contributed by atoms with Crippen LogP contribution >= 0.6 is 0 Å². The number of alkyl halides is 3. The van der Waals surface area contributed by atoms with Gasteiger partial charge in [0.15, 0.2) is 6.61 Å². The van der Waals surface area contributed by atoms with Crippen LogP contribution in [0.1, 0.15) is 28.5 Å². The van der Waals surface area contributed by atoms with E-state index in [9.17, 15) is 37.1 Å². The summed E-state index contributed by atoms with van der Waals surface area (Å²) in [6.07, 6.45) is -3.96. The highest BCUT2D eigenvalue weighted by Gasteiger charge is 2.57. The molecule has 3 aromatic carbocycles. The number of hydrogen-bond donors (Lipinski definition) is 4. The van der Waals surface area contributed by atoms with Crippen molar-refractivity contribution in [1.82, 2.24) is 15.3 Å². The van der Waals surface area contributed by atoms with Crippen LogP contribution in [0.4, 0.5) is 23.2 Å². The van der Waals surface area contributed by atoms with Crippen LogP contribution in [0.5, 0.6) is 11.5 Å². The predicted molar refractivity (Wildman–Crippen MR) is 176 cm³/mol. The van der Waals surface area contributed by atoms with Crippen LogP contribution in [0.25, 0.3) is 22.2 Å². The van der Waals surface area contributed by atoms with Crippen LogP contribution < -0.4 is 25.8 Å². The van der Waals surface area contributed by atoms with Gasteiger partial charge < -0.3 is 30.9 Å². The molecule has 11 nitrogen and oxygen atoms in total. The molecule has 5 N–H and O–H groups in total. The number of anilines is 1. The van der Waals surface area contributed by atoms with E-state index in [1.807, 2.05) is 0 Å². The Kier molecular flexibility index (Phi) is 9.08. The second-order valence-corrected chi connectivity index (χ2v) is 12.0. The zero-order valence-electron chi connectivity index (χ0n) is 26.8. The van der Waals surface area contributed by atoms with Crippen molar-refractivity contribution in [3.63, 3.8) is 0 Å². The SMILES string of the molecule is C[C@]1(C(N)=O)COc2c1cc(C(O)(CNC(=O)c1cc(OCC(=O)Nc3ccccc3)c3ncccc3c1)C(F)(F)F)nc2-c1ccc(F)cc1. The fourth-order valence-electron chi connectivity index (χ4n) is 5.51. The fourth-order valence-corrected chi connectivity index (χ4v) is 5.51. The number of nitrogens with zero attached hydrogens (tertiary/aromatic N) is 2. The minimum absolute atomic E-state index is 0.00232. The Morgan fingerprint density at radius 1 is 1.02 bits per heavy atom. The van der Waals surface area contributed by atoms with E-state index >= 15 is 0 Å². The fraction of sp³-hybridized carbons (Fsp3) is 0.194. The smallest absolute Gasteiger partial charge is 0.424 e. The van der Waals surface area contributed by atoms with Gasteiger partial charge in [-0.25, -0.2) is 9.37 Å². The summed E-state index contributed by atoms with van der Waals surface area (Å²) in [5, 5.41) is 16.5. The van der Waals surface area contributed by atoms with E-state index in [1.165, 1.54) is 37.4 Å². The molecule has 0 aliphatic carbocycles. The van der Waals surface area contributed by atoms with Gasteiger partial charge in [-0.1, -0.05) is 24.3 Å². The van der Waals surface area contributed by atoms with Gasteiger partial charge in [0, 0.05) is 34.0 Å². The topological polar surface area (TPSA) is 166 Å². The van der Waals surface area contributed by atoms with Gasteiger partial charge in [-0.3, -0.25) is 19.4 Å². The summed E-state index contributed by atoms with van der Waals surface area (Å²) >= 11 is 0. The Labute approximate surface area is 287 Å². The molecule has 0 saturated heterocycles. The van der Waals surface area contributed by atoms with Gasteiger partial charge in [0.1, 0.15) is 40.5 Å². The van der Waals surface area contributed by atoms with Crippen molar-refractivity contribution in [2.24, 2.45) is 5.73 Å². The minimum Gasteiger partial charge on any atom is -0.489 e. The van der Waals surface area contributed by atoms with E-state index < -0.39 is 59.6 Å².